The SMILES string of the molecule is COc1c2c(c(O)c3c4c(c(C)cc13)[C@@H]1O[C@@]3(C(OC)OC)O[C@@H]1[C@@](O[C@H]1C[C@@H](O)[C@@](O)(C(C)=O)[C@H](C)O1)(O4)[C@]3(C)O)C(O)CCC2. The third-order valence-corrected chi connectivity index (χ3v) is 11.0. The third-order valence-electron chi connectivity index (χ3n) is 11.0. The number of ketones is 1. The highest BCUT2D eigenvalue weighted by Crippen LogP contribution is 2.68. The Morgan fingerprint density at radius 3 is 2.43 bits per heavy atom. The molecule has 4 heterocycles. The zero-order valence-corrected chi connectivity index (χ0v) is 27.4. The van der Waals surface area contributed by atoms with Crippen LogP contribution < -0.4 is 9.47 Å². The first-order valence-corrected chi connectivity index (χ1v) is 15.8. The first-order valence-electron chi connectivity index (χ1n) is 15.8. The minimum atomic E-state index is -2.23. The van der Waals surface area contributed by atoms with Gasteiger partial charge in [0.25, 0.3) is 11.6 Å². The molecule has 0 amide bonds. The first-order chi connectivity index (χ1) is 22.1. The van der Waals surface area contributed by atoms with Crippen LogP contribution in [0.5, 0.6) is 17.2 Å². The number of ether oxygens (including phenoxy) is 8. The van der Waals surface area contributed by atoms with Crippen molar-refractivity contribution in [3.63, 3.8) is 0 Å². The number of aryl methyl sites for hydroxylation is 1. The maximum atomic E-state index is 12.5. The molecule has 0 aromatic heterocycles. The minimum Gasteiger partial charge on any atom is -0.507 e. The van der Waals surface area contributed by atoms with Crippen molar-refractivity contribution in [2.45, 2.75) is 119 Å². The average molecular weight is 663 g/mol. The lowest BCUT2D eigenvalue weighted by molar-refractivity contribution is -0.421. The normalized spacial score (nSPS) is 40.3. The number of aliphatic hydroxyl groups is 4. The summed E-state index contributed by atoms with van der Waals surface area (Å²) in [7, 11) is 4.24. The molecule has 14 nitrogen and oxygen atoms in total. The van der Waals surface area contributed by atoms with E-state index < -0.39 is 71.7 Å². The molecule has 5 aliphatic rings. The van der Waals surface area contributed by atoms with Gasteiger partial charge in [-0.1, -0.05) is 0 Å². The summed E-state index contributed by atoms with van der Waals surface area (Å²) in [5.74, 6) is -4.47. The monoisotopic (exact) mass is 662 g/mol. The molecule has 258 valence electrons. The van der Waals surface area contributed by atoms with Crippen molar-refractivity contribution >= 4 is 16.6 Å². The maximum absolute atomic E-state index is 12.5. The molecule has 4 aliphatic heterocycles. The Hall–Kier alpha value is -2.63. The number of benzene rings is 2. The smallest absolute Gasteiger partial charge is 0.276 e. The molecule has 10 atom stereocenters. The molecule has 14 heteroatoms. The van der Waals surface area contributed by atoms with Gasteiger partial charge < -0.3 is 63.4 Å². The summed E-state index contributed by atoms with van der Waals surface area (Å²) in [6.07, 6.45) is -7.13. The summed E-state index contributed by atoms with van der Waals surface area (Å²) in [4.78, 5) is 12.3. The van der Waals surface area contributed by atoms with Gasteiger partial charge in [-0.15, -0.1) is 0 Å². The highest BCUT2D eigenvalue weighted by molar-refractivity contribution is 6.02. The van der Waals surface area contributed by atoms with Crippen LogP contribution in [0, 0.1) is 6.92 Å². The number of aliphatic hydroxyl groups excluding tert-OH is 2. The summed E-state index contributed by atoms with van der Waals surface area (Å²) in [5.41, 5.74) is -2.19. The summed E-state index contributed by atoms with van der Waals surface area (Å²) >= 11 is 0. The van der Waals surface area contributed by atoms with Crippen LogP contribution in [-0.2, 0) is 39.6 Å². The maximum Gasteiger partial charge on any atom is 0.276 e. The number of methoxy groups -OCH3 is 3. The molecule has 5 N–H and O–H groups in total. The van der Waals surface area contributed by atoms with Crippen LogP contribution >= 0.6 is 0 Å². The van der Waals surface area contributed by atoms with Gasteiger partial charge in [0.2, 0.25) is 6.29 Å². The largest absolute Gasteiger partial charge is 0.507 e. The zero-order valence-electron chi connectivity index (χ0n) is 27.4. The Labute approximate surface area is 271 Å². The van der Waals surface area contributed by atoms with Crippen LogP contribution in [-0.4, -0.2) is 106 Å². The van der Waals surface area contributed by atoms with E-state index in [1.54, 1.807) is 0 Å². The Balaban J connectivity index is 1.45. The van der Waals surface area contributed by atoms with E-state index in [1.807, 2.05) is 13.0 Å². The number of carbonyl (C=O) groups excluding carboxylic acids is 1. The van der Waals surface area contributed by atoms with Crippen molar-refractivity contribution in [3.05, 3.63) is 28.3 Å². The number of rotatable bonds is 7. The quantitative estimate of drug-likeness (QED) is 0.269. The molecule has 0 saturated carbocycles. The summed E-state index contributed by atoms with van der Waals surface area (Å²) in [6.45, 7) is 5.80. The lowest BCUT2D eigenvalue weighted by atomic mass is 9.76. The predicted molar refractivity (Wildman–Crippen MR) is 160 cm³/mol. The number of hydrogen-bond acceptors (Lipinski definition) is 14. The second kappa shape index (κ2) is 10.7. The van der Waals surface area contributed by atoms with Crippen LogP contribution in [0.3, 0.4) is 0 Å². The van der Waals surface area contributed by atoms with Crippen LogP contribution in [0.2, 0.25) is 0 Å². The molecular weight excluding hydrogens is 620 g/mol. The van der Waals surface area contributed by atoms with Gasteiger partial charge >= 0.3 is 0 Å². The number of aromatic hydroxyl groups is 1. The van der Waals surface area contributed by atoms with E-state index in [2.05, 4.69) is 0 Å². The molecule has 1 unspecified atom stereocenters. The van der Waals surface area contributed by atoms with E-state index >= 15 is 0 Å². The second-order valence-electron chi connectivity index (χ2n) is 13.4. The van der Waals surface area contributed by atoms with Gasteiger partial charge in [-0.2, -0.15) is 0 Å². The minimum absolute atomic E-state index is 0.105. The van der Waals surface area contributed by atoms with Gasteiger partial charge in [0, 0.05) is 42.7 Å². The van der Waals surface area contributed by atoms with Crippen molar-refractivity contribution in [1.82, 2.24) is 0 Å². The molecule has 2 aromatic carbocycles. The first kappa shape index (κ1) is 32.9. The molecule has 2 bridgehead atoms. The van der Waals surface area contributed by atoms with E-state index in [9.17, 15) is 30.3 Å². The third kappa shape index (κ3) is 3.93. The summed E-state index contributed by atoms with van der Waals surface area (Å²) < 4.78 is 49.4. The fourth-order valence-electron chi connectivity index (χ4n) is 8.53. The molecule has 0 radical (unpaired) electrons. The van der Waals surface area contributed by atoms with Gasteiger partial charge in [-0.25, -0.2) is 0 Å². The van der Waals surface area contributed by atoms with Gasteiger partial charge in [0.05, 0.1) is 30.8 Å². The highest BCUT2D eigenvalue weighted by Gasteiger charge is 2.86. The zero-order chi connectivity index (χ0) is 34.0. The second-order valence-corrected chi connectivity index (χ2v) is 13.4. The van der Waals surface area contributed by atoms with Gasteiger partial charge in [-0.05, 0) is 58.6 Å². The molecule has 3 fully saturated rings. The van der Waals surface area contributed by atoms with Gasteiger partial charge in [-0.3, -0.25) is 4.79 Å². The lowest BCUT2D eigenvalue weighted by Gasteiger charge is -2.55. The molecule has 0 spiro atoms. The number of hydrogen-bond donors (Lipinski definition) is 5. The van der Waals surface area contributed by atoms with E-state index in [4.69, 9.17) is 37.9 Å². The van der Waals surface area contributed by atoms with Crippen molar-refractivity contribution < 1.29 is 68.2 Å². The molecule has 1 aliphatic carbocycles. The number of phenolic OH excluding ortho intramolecular Hbond substituents is 1. The van der Waals surface area contributed by atoms with E-state index in [-0.39, 0.29) is 23.3 Å². The van der Waals surface area contributed by atoms with Crippen LogP contribution in [0.1, 0.15) is 74.5 Å². The Morgan fingerprint density at radius 1 is 1.11 bits per heavy atom. The van der Waals surface area contributed by atoms with E-state index in [0.29, 0.717) is 52.7 Å². The molecule has 7 rings (SSSR count). The number of fused-ring (bicyclic) bond motifs is 6. The molecular formula is C33H42O14. The number of Topliss-reactive ketones (excluding diaryl/α,β-unsaturated/α-hetero) is 1. The Kier molecular flexibility index (Phi) is 7.48. The topological polar surface area (TPSA) is 192 Å². The van der Waals surface area contributed by atoms with Gasteiger partial charge in [0.1, 0.15) is 23.4 Å². The molecule has 2 aromatic rings. The van der Waals surface area contributed by atoms with Crippen molar-refractivity contribution in [1.29, 1.82) is 0 Å². The lowest BCUT2D eigenvalue weighted by Crippen LogP contribution is -2.75. The van der Waals surface area contributed by atoms with Crippen LogP contribution in [0.4, 0.5) is 0 Å². The van der Waals surface area contributed by atoms with Crippen molar-refractivity contribution in [3.8, 4) is 17.2 Å². The molecule has 3 saturated heterocycles. The van der Waals surface area contributed by atoms with Crippen molar-refractivity contribution in [2.75, 3.05) is 21.3 Å². The average Bonchev–Trinajstić information content (AvgIpc) is 3.50. The fourth-order valence-corrected chi connectivity index (χ4v) is 8.53. The van der Waals surface area contributed by atoms with E-state index in [1.165, 1.54) is 35.2 Å². The van der Waals surface area contributed by atoms with Gasteiger partial charge in [0.15, 0.2) is 29.4 Å². The number of phenols is 1. The van der Waals surface area contributed by atoms with Crippen LogP contribution in [0.25, 0.3) is 10.8 Å². The number of carbonyl (C=O) groups is 1. The van der Waals surface area contributed by atoms with E-state index in [0.717, 1.165) is 6.92 Å². The fraction of sp³-hybridized carbons (Fsp3) is 0.667. The summed E-state index contributed by atoms with van der Waals surface area (Å²) in [6, 6.07) is 1.85. The highest BCUT2D eigenvalue weighted by atomic mass is 16.9. The van der Waals surface area contributed by atoms with Crippen LogP contribution in [0.15, 0.2) is 6.07 Å². The summed E-state index contributed by atoms with van der Waals surface area (Å²) in [5, 5.41) is 58.2. The van der Waals surface area contributed by atoms with Crippen molar-refractivity contribution in [2.24, 2.45) is 0 Å². The Morgan fingerprint density at radius 2 is 1.81 bits per heavy atom. The predicted octanol–water partition coefficient (Wildman–Crippen LogP) is 1.69. The standard InChI is InChI=1S/C33H42O14/c1-13-11-17-23(24(37)22-16(25(17)40-5)9-8-10-18(22)35)26-21(13)27-28-32(45-26,30(4,38)33(46-27,47-28)29(41-6)42-7)44-20-12-19(36)31(39,14(2)34)15(3)43-20/h11,15,18-20,27-29,35-39H,8-10,12H2,1-7H3/t15-,18?,19+,20-,27-,28-,30-,31+,32+,33-/m0/s1. The molecule has 47 heavy (non-hydrogen) atoms. The Bertz CT molecular complexity index is 1620.